The van der Waals surface area contributed by atoms with Crippen molar-refractivity contribution in [1.82, 2.24) is 10.1 Å². The van der Waals surface area contributed by atoms with Gasteiger partial charge < -0.3 is 19.5 Å². The first-order valence-corrected chi connectivity index (χ1v) is 5.02. The summed E-state index contributed by atoms with van der Waals surface area (Å²) in [4.78, 5) is 14.4. The molecule has 94 valence electrons. The van der Waals surface area contributed by atoms with Crippen molar-refractivity contribution in [3.63, 3.8) is 0 Å². The molecule has 7 heteroatoms. The number of carboxylic acid groups (broad SMARTS) is 1. The Morgan fingerprint density at radius 1 is 1.50 bits per heavy atom. The fourth-order valence-electron chi connectivity index (χ4n) is 1.40. The number of hydrogen-bond donors (Lipinski definition) is 2. The lowest BCUT2D eigenvalue weighted by Crippen LogP contribution is -1.99. The fourth-order valence-corrected chi connectivity index (χ4v) is 1.40. The first kappa shape index (κ1) is 11.9. The van der Waals surface area contributed by atoms with Crippen LogP contribution in [0.3, 0.4) is 0 Å². The van der Waals surface area contributed by atoms with Crippen molar-refractivity contribution in [2.75, 3.05) is 7.11 Å². The Balaban J connectivity index is 2.28. The van der Waals surface area contributed by atoms with Gasteiger partial charge in [-0.3, -0.25) is 4.79 Å². The highest BCUT2D eigenvalue weighted by molar-refractivity contribution is 5.69. The number of carboxylic acids is 1. The summed E-state index contributed by atoms with van der Waals surface area (Å²) in [6.45, 7) is 0. The minimum absolute atomic E-state index is 0.00723. The van der Waals surface area contributed by atoms with E-state index in [0.29, 0.717) is 11.3 Å². The molecule has 0 amide bonds. The minimum Gasteiger partial charge on any atom is -0.504 e. The van der Waals surface area contributed by atoms with Gasteiger partial charge in [-0.2, -0.15) is 4.98 Å². The van der Waals surface area contributed by atoms with Gasteiger partial charge in [0.05, 0.1) is 7.11 Å². The summed E-state index contributed by atoms with van der Waals surface area (Å²) in [6, 6.07) is 4.60. The van der Waals surface area contributed by atoms with E-state index in [1.807, 2.05) is 0 Å². The largest absolute Gasteiger partial charge is 0.504 e. The van der Waals surface area contributed by atoms with E-state index < -0.39 is 5.97 Å². The molecule has 18 heavy (non-hydrogen) atoms. The smallest absolute Gasteiger partial charge is 0.312 e. The second kappa shape index (κ2) is 4.74. The molecule has 0 radical (unpaired) electrons. The van der Waals surface area contributed by atoms with Crippen LogP contribution in [0.5, 0.6) is 11.5 Å². The van der Waals surface area contributed by atoms with Crippen LogP contribution in [0.2, 0.25) is 0 Å². The number of aromatic hydroxyl groups is 1. The van der Waals surface area contributed by atoms with Gasteiger partial charge in [-0.05, 0) is 18.2 Å². The van der Waals surface area contributed by atoms with E-state index in [1.165, 1.54) is 13.2 Å². The molecular formula is C11H10N2O5. The van der Waals surface area contributed by atoms with E-state index in [9.17, 15) is 9.90 Å². The Morgan fingerprint density at radius 2 is 2.28 bits per heavy atom. The Labute approximate surface area is 102 Å². The van der Waals surface area contributed by atoms with Crippen molar-refractivity contribution in [3.05, 3.63) is 24.1 Å². The number of rotatable bonds is 4. The molecule has 1 aromatic carbocycles. The number of benzene rings is 1. The van der Waals surface area contributed by atoms with Gasteiger partial charge in [-0.15, -0.1) is 0 Å². The molecule has 1 heterocycles. The molecule has 0 aliphatic carbocycles. The monoisotopic (exact) mass is 250 g/mol. The lowest BCUT2D eigenvalue weighted by atomic mass is 10.2. The number of phenolic OH excluding ortho intramolecular Hbond substituents is 1. The van der Waals surface area contributed by atoms with Crippen LogP contribution >= 0.6 is 0 Å². The normalized spacial score (nSPS) is 10.3. The molecule has 7 nitrogen and oxygen atoms in total. The van der Waals surface area contributed by atoms with E-state index in [1.54, 1.807) is 12.1 Å². The van der Waals surface area contributed by atoms with Crippen LogP contribution in [0.1, 0.15) is 5.89 Å². The van der Waals surface area contributed by atoms with E-state index in [2.05, 4.69) is 10.1 Å². The highest BCUT2D eigenvalue weighted by Gasteiger charge is 2.13. The van der Waals surface area contributed by atoms with Gasteiger partial charge in [-0.1, -0.05) is 5.16 Å². The predicted octanol–water partition coefficient (Wildman–Crippen LogP) is 1.08. The topological polar surface area (TPSA) is 106 Å². The molecule has 0 spiro atoms. The highest BCUT2D eigenvalue weighted by atomic mass is 16.5. The van der Waals surface area contributed by atoms with Crippen molar-refractivity contribution in [2.24, 2.45) is 0 Å². The summed E-state index contributed by atoms with van der Waals surface area (Å²) in [5.41, 5.74) is 0.508. The molecule has 1 aromatic heterocycles. The third kappa shape index (κ3) is 2.40. The zero-order valence-electron chi connectivity index (χ0n) is 9.45. The van der Waals surface area contributed by atoms with Gasteiger partial charge in [0.1, 0.15) is 6.42 Å². The molecule has 0 bridgehead atoms. The molecule has 0 atom stereocenters. The average molecular weight is 250 g/mol. The number of nitrogens with zero attached hydrogens (tertiary/aromatic N) is 2. The summed E-state index contributed by atoms with van der Waals surface area (Å²) >= 11 is 0. The number of aromatic nitrogens is 2. The summed E-state index contributed by atoms with van der Waals surface area (Å²) in [5, 5.41) is 21.8. The van der Waals surface area contributed by atoms with Crippen molar-refractivity contribution in [2.45, 2.75) is 6.42 Å². The summed E-state index contributed by atoms with van der Waals surface area (Å²) < 4.78 is 9.67. The van der Waals surface area contributed by atoms with Crippen LogP contribution in [-0.2, 0) is 11.2 Å². The van der Waals surface area contributed by atoms with E-state index in [4.69, 9.17) is 14.4 Å². The molecule has 0 saturated carbocycles. The van der Waals surface area contributed by atoms with Crippen LogP contribution in [0, 0.1) is 0 Å². The zero-order valence-corrected chi connectivity index (χ0v) is 9.45. The van der Waals surface area contributed by atoms with Crippen LogP contribution in [-0.4, -0.2) is 33.4 Å². The fraction of sp³-hybridized carbons (Fsp3) is 0.182. The number of hydrogen-bond acceptors (Lipinski definition) is 6. The Morgan fingerprint density at radius 3 is 2.89 bits per heavy atom. The summed E-state index contributed by atoms with van der Waals surface area (Å²) in [7, 11) is 1.44. The maximum Gasteiger partial charge on any atom is 0.312 e. The number of methoxy groups -OCH3 is 1. The molecule has 2 N–H and O–H groups in total. The van der Waals surface area contributed by atoms with Crippen LogP contribution in [0.15, 0.2) is 22.7 Å². The quantitative estimate of drug-likeness (QED) is 0.836. The maximum absolute atomic E-state index is 10.5. The lowest BCUT2D eigenvalue weighted by molar-refractivity contribution is -0.136. The summed E-state index contributed by atoms with van der Waals surface area (Å²) in [6.07, 6.45) is -0.338. The number of aliphatic carboxylic acids is 1. The molecule has 0 aliphatic heterocycles. The number of ether oxygens (including phenoxy) is 1. The molecule has 0 unspecified atom stereocenters. The Kier molecular flexibility index (Phi) is 3.13. The van der Waals surface area contributed by atoms with E-state index in [0.717, 1.165) is 0 Å². The predicted molar refractivity (Wildman–Crippen MR) is 59.3 cm³/mol. The van der Waals surface area contributed by atoms with E-state index in [-0.39, 0.29) is 23.9 Å². The average Bonchev–Trinajstić information content (AvgIpc) is 2.76. The molecule has 2 rings (SSSR count). The van der Waals surface area contributed by atoms with Crippen LogP contribution < -0.4 is 4.74 Å². The van der Waals surface area contributed by atoms with Gasteiger partial charge in [0.2, 0.25) is 11.7 Å². The van der Waals surface area contributed by atoms with Gasteiger partial charge in [-0.25, -0.2) is 0 Å². The van der Waals surface area contributed by atoms with E-state index >= 15 is 0 Å². The molecule has 0 aliphatic rings. The third-order valence-corrected chi connectivity index (χ3v) is 2.21. The Bertz CT molecular complexity index is 579. The number of carbonyl (C=O) groups is 1. The third-order valence-electron chi connectivity index (χ3n) is 2.21. The Hall–Kier alpha value is -2.57. The molecule has 2 aromatic rings. The lowest BCUT2D eigenvalue weighted by Gasteiger charge is -2.03. The van der Waals surface area contributed by atoms with Gasteiger partial charge >= 0.3 is 5.97 Å². The maximum atomic E-state index is 10.5. The molecule has 0 saturated heterocycles. The van der Waals surface area contributed by atoms with Crippen molar-refractivity contribution in [3.8, 4) is 22.9 Å². The second-order valence-corrected chi connectivity index (χ2v) is 3.47. The highest BCUT2D eigenvalue weighted by Crippen LogP contribution is 2.30. The van der Waals surface area contributed by atoms with Crippen LogP contribution in [0.25, 0.3) is 11.4 Å². The molecular weight excluding hydrogens is 240 g/mol. The molecule has 0 fully saturated rings. The van der Waals surface area contributed by atoms with Gasteiger partial charge in [0.25, 0.3) is 0 Å². The van der Waals surface area contributed by atoms with Crippen LogP contribution in [0.4, 0.5) is 0 Å². The number of phenols is 1. The first-order chi connectivity index (χ1) is 8.60. The first-order valence-electron chi connectivity index (χ1n) is 5.02. The zero-order chi connectivity index (χ0) is 13.1. The van der Waals surface area contributed by atoms with Gasteiger partial charge in [0.15, 0.2) is 11.5 Å². The summed E-state index contributed by atoms with van der Waals surface area (Å²) in [5.74, 6) is -0.563. The second-order valence-electron chi connectivity index (χ2n) is 3.47. The SMILES string of the molecule is COc1ccc(-c2noc(CC(=O)O)n2)cc1O. The van der Waals surface area contributed by atoms with Crippen molar-refractivity contribution < 1.29 is 24.3 Å². The van der Waals surface area contributed by atoms with Gasteiger partial charge in [0, 0.05) is 5.56 Å². The van der Waals surface area contributed by atoms with Crippen molar-refractivity contribution >= 4 is 5.97 Å². The van der Waals surface area contributed by atoms with Crippen molar-refractivity contribution in [1.29, 1.82) is 0 Å². The minimum atomic E-state index is -1.05. The standard InChI is InChI=1S/C11H10N2O5/c1-17-8-3-2-6(4-7(8)14)11-12-9(18-13-11)5-10(15)16/h2-4,14H,5H2,1H3,(H,15,16).